The van der Waals surface area contributed by atoms with Crippen LogP contribution in [0.25, 0.3) is 22.3 Å². The van der Waals surface area contributed by atoms with E-state index in [0.717, 1.165) is 33.6 Å². The third kappa shape index (κ3) is 4.22. The highest BCUT2D eigenvalue weighted by molar-refractivity contribution is 7.89. The second-order valence-electron chi connectivity index (χ2n) is 8.32. The molecule has 0 amide bonds. The van der Waals surface area contributed by atoms with Crippen LogP contribution in [-0.2, 0) is 10.0 Å². The average molecular weight is 475 g/mol. The quantitative estimate of drug-likeness (QED) is 0.433. The number of rotatable bonds is 5. The van der Waals surface area contributed by atoms with Crippen molar-refractivity contribution < 1.29 is 13.2 Å². The first kappa shape index (κ1) is 22.3. The van der Waals surface area contributed by atoms with Gasteiger partial charge in [-0.15, -0.1) is 0 Å². The number of anilines is 1. The van der Waals surface area contributed by atoms with Crippen molar-refractivity contribution in [3.8, 4) is 17.1 Å². The van der Waals surface area contributed by atoms with Gasteiger partial charge in [-0.3, -0.25) is 0 Å². The van der Waals surface area contributed by atoms with E-state index < -0.39 is 10.0 Å². The molecule has 3 aromatic carbocycles. The fourth-order valence-electron chi connectivity index (χ4n) is 4.17. The Labute approximate surface area is 199 Å². The van der Waals surface area contributed by atoms with E-state index in [1.165, 1.54) is 0 Å². The molecular formula is C26H26N4O3S. The van der Waals surface area contributed by atoms with Crippen LogP contribution < -0.4 is 9.64 Å². The van der Waals surface area contributed by atoms with Gasteiger partial charge in [-0.2, -0.15) is 4.31 Å². The maximum Gasteiger partial charge on any atom is 0.243 e. The number of piperazine rings is 1. The SMILES string of the molecule is COc1ccc(-c2nc(N3CCN(S(=O)(=O)c4ccc(C)cc4)CC3)c3ccccc3n2)cc1. The Morgan fingerprint density at radius 3 is 2.18 bits per heavy atom. The monoisotopic (exact) mass is 474 g/mol. The van der Waals surface area contributed by atoms with Gasteiger partial charge in [-0.25, -0.2) is 18.4 Å². The minimum Gasteiger partial charge on any atom is -0.497 e. The second-order valence-corrected chi connectivity index (χ2v) is 10.3. The lowest BCUT2D eigenvalue weighted by Gasteiger charge is -2.35. The summed E-state index contributed by atoms with van der Waals surface area (Å²) in [7, 11) is -1.89. The second kappa shape index (κ2) is 9.04. The van der Waals surface area contributed by atoms with Gasteiger partial charge in [0.2, 0.25) is 10.0 Å². The van der Waals surface area contributed by atoms with E-state index in [4.69, 9.17) is 14.7 Å². The fourth-order valence-corrected chi connectivity index (χ4v) is 5.59. The van der Waals surface area contributed by atoms with Crippen molar-refractivity contribution in [3.63, 3.8) is 0 Å². The molecule has 1 aromatic heterocycles. The van der Waals surface area contributed by atoms with Gasteiger partial charge in [0.25, 0.3) is 0 Å². The van der Waals surface area contributed by atoms with E-state index in [0.29, 0.717) is 36.9 Å². The molecule has 1 fully saturated rings. The van der Waals surface area contributed by atoms with Crippen molar-refractivity contribution in [2.75, 3.05) is 38.2 Å². The summed E-state index contributed by atoms with van der Waals surface area (Å²) in [5.41, 5.74) is 2.79. The van der Waals surface area contributed by atoms with Crippen LogP contribution in [0.2, 0.25) is 0 Å². The Bertz CT molecular complexity index is 1410. The van der Waals surface area contributed by atoms with E-state index in [2.05, 4.69) is 4.90 Å². The van der Waals surface area contributed by atoms with Crippen LogP contribution in [0.4, 0.5) is 5.82 Å². The number of hydrogen-bond donors (Lipinski definition) is 0. The summed E-state index contributed by atoms with van der Waals surface area (Å²) >= 11 is 0. The van der Waals surface area contributed by atoms with Crippen molar-refractivity contribution >= 4 is 26.7 Å². The van der Waals surface area contributed by atoms with Crippen molar-refractivity contribution in [3.05, 3.63) is 78.4 Å². The van der Waals surface area contributed by atoms with Crippen LogP contribution >= 0.6 is 0 Å². The van der Waals surface area contributed by atoms with E-state index in [-0.39, 0.29) is 0 Å². The minimum atomic E-state index is -3.52. The summed E-state index contributed by atoms with van der Waals surface area (Å²) in [6.45, 7) is 3.84. The summed E-state index contributed by atoms with van der Waals surface area (Å²) in [5, 5.41) is 0.953. The zero-order valence-electron chi connectivity index (χ0n) is 19.2. The highest BCUT2D eigenvalue weighted by atomic mass is 32.2. The molecule has 7 nitrogen and oxygen atoms in total. The number of hydrogen-bond acceptors (Lipinski definition) is 6. The largest absolute Gasteiger partial charge is 0.497 e. The lowest BCUT2D eigenvalue weighted by molar-refractivity contribution is 0.384. The molecule has 2 heterocycles. The Hall–Kier alpha value is -3.49. The summed E-state index contributed by atoms with van der Waals surface area (Å²) in [6, 6.07) is 22.6. The maximum absolute atomic E-state index is 13.1. The third-order valence-corrected chi connectivity index (χ3v) is 8.04. The summed E-state index contributed by atoms with van der Waals surface area (Å²) in [6.07, 6.45) is 0. The van der Waals surface area contributed by atoms with E-state index in [1.807, 2.05) is 67.6 Å². The molecule has 4 aromatic rings. The highest BCUT2D eigenvalue weighted by Gasteiger charge is 2.29. The van der Waals surface area contributed by atoms with Crippen molar-refractivity contribution in [2.45, 2.75) is 11.8 Å². The van der Waals surface area contributed by atoms with Gasteiger partial charge < -0.3 is 9.64 Å². The lowest BCUT2D eigenvalue weighted by Crippen LogP contribution is -2.49. The number of fused-ring (bicyclic) bond motifs is 1. The molecule has 174 valence electrons. The zero-order chi connectivity index (χ0) is 23.7. The average Bonchev–Trinajstić information content (AvgIpc) is 2.88. The molecule has 0 unspecified atom stereocenters. The van der Waals surface area contributed by atoms with Gasteiger partial charge in [0.05, 0.1) is 17.5 Å². The number of ether oxygens (including phenoxy) is 1. The molecule has 0 aliphatic carbocycles. The highest BCUT2D eigenvalue weighted by Crippen LogP contribution is 2.30. The molecule has 8 heteroatoms. The van der Waals surface area contributed by atoms with Gasteiger partial charge in [-0.05, 0) is 55.5 Å². The number of aryl methyl sites for hydroxylation is 1. The van der Waals surface area contributed by atoms with Crippen LogP contribution in [0.5, 0.6) is 5.75 Å². The summed E-state index contributed by atoms with van der Waals surface area (Å²) in [5.74, 6) is 2.23. The number of benzene rings is 3. The molecule has 34 heavy (non-hydrogen) atoms. The van der Waals surface area contributed by atoms with Gasteiger partial charge >= 0.3 is 0 Å². The first-order valence-electron chi connectivity index (χ1n) is 11.2. The fraction of sp³-hybridized carbons (Fsp3) is 0.231. The molecule has 0 radical (unpaired) electrons. The number of aromatic nitrogens is 2. The Kier molecular flexibility index (Phi) is 5.93. The maximum atomic E-state index is 13.1. The molecule has 5 rings (SSSR count). The molecule has 1 saturated heterocycles. The minimum absolute atomic E-state index is 0.334. The van der Waals surface area contributed by atoms with E-state index in [1.54, 1.807) is 23.5 Å². The predicted octanol–water partition coefficient (Wildman–Crippen LogP) is 4.12. The third-order valence-electron chi connectivity index (χ3n) is 6.13. The van der Waals surface area contributed by atoms with E-state index in [9.17, 15) is 8.42 Å². The molecule has 0 spiro atoms. The molecule has 0 N–H and O–H groups in total. The first-order valence-corrected chi connectivity index (χ1v) is 12.6. The Morgan fingerprint density at radius 2 is 1.50 bits per heavy atom. The molecular weight excluding hydrogens is 448 g/mol. The van der Waals surface area contributed by atoms with Crippen molar-refractivity contribution in [2.24, 2.45) is 0 Å². The zero-order valence-corrected chi connectivity index (χ0v) is 20.0. The van der Waals surface area contributed by atoms with Gasteiger partial charge in [-0.1, -0.05) is 29.8 Å². The van der Waals surface area contributed by atoms with Crippen molar-refractivity contribution in [1.29, 1.82) is 0 Å². The van der Waals surface area contributed by atoms with Crippen LogP contribution in [0.15, 0.2) is 77.7 Å². The van der Waals surface area contributed by atoms with Crippen molar-refractivity contribution in [1.82, 2.24) is 14.3 Å². The Morgan fingerprint density at radius 1 is 0.824 bits per heavy atom. The standard InChI is InChI=1S/C26H26N4O3S/c1-19-7-13-22(14-8-19)34(31,32)30-17-15-29(16-18-30)26-23-5-3-4-6-24(23)27-25(28-26)20-9-11-21(33-2)12-10-20/h3-14H,15-18H2,1-2H3. The number of methoxy groups -OCH3 is 1. The number of sulfonamides is 1. The van der Waals surface area contributed by atoms with Gasteiger partial charge in [0, 0.05) is 37.1 Å². The number of para-hydroxylation sites is 1. The molecule has 1 aliphatic rings. The van der Waals surface area contributed by atoms with Crippen LogP contribution in [0.1, 0.15) is 5.56 Å². The normalized spacial score (nSPS) is 14.9. The topological polar surface area (TPSA) is 75.6 Å². The van der Waals surface area contributed by atoms with Crippen LogP contribution in [-0.4, -0.2) is 56.0 Å². The predicted molar refractivity (Wildman–Crippen MR) is 134 cm³/mol. The molecule has 0 bridgehead atoms. The molecule has 1 aliphatic heterocycles. The van der Waals surface area contributed by atoms with Crippen LogP contribution in [0.3, 0.4) is 0 Å². The van der Waals surface area contributed by atoms with Gasteiger partial charge in [0.15, 0.2) is 5.82 Å². The van der Waals surface area contributed by atoms with E-state index >= 15 is 0 Å². The summed E-state index contributed by atoms with van der Waals surface area (Å²) < 4.78 is 33.1. The number of nitrogens with zero attached hydrogens (tertiary/aromatic N) is 4. The lowest BCUT2D eigenvalue weighted by atomic mass is 10.1. The van der Waals surface area contributed by atoms with Crippen LogP contribution in [0, 0.1) is 6.92 Å². The van der Waals surface area contributed by atoms with Gasteiger partial charge in [0.1, 0.15) is 11.6 Å². The molecule has 0 saturated carbocycles. The Balaban J connectivity index is 1.44. The molecule has 0 atom stereocenters. The first-order chi connectivity index (χ1) is 16.5. The smallest absolute Gasteiger partial charge is 0.243 e. The summed E-state index contributed by atoms with van der Waals surface area (Å²) in [4.78, 5) is 12.2.